The van der Waals surface area contributed by atoms with Crippen LogP contribution in [0.4, 0.5) is 0 Å². The minimum Gasteiger partial charge on any atom is -0.464 e. The standard InChI is InChI=1S/C10H10O2/c1-7(11)8-3-2-4-10-9(8)5-6-12-10/h2-7,11H,1H3. The van der Waals surface area contributed by atoms with Gasteiger partial charge in [0.05, 0.1) is 12.4 Å². The fourth-order valence-corrected chi connectivity index (χ4v) is 1.38. The van der Waals surface area contributed by atoms with Crippen molar-refractivity contribution in [1.29, 1.82) is 0 Å². The van der Waals surface area contributed by atoms with E-state index in [-0.39, 0.29) is 0 Å². The van der Waals surface area contributed by atoms with E-state index in [1.54, 1.807) is 13.2 Å². The summed E-state index contributed by atoms with van der Waals surface area (Å²) < 4.78 is 5.20. The average Bonchev–Trinajstić information content (AvgIpc) is 2.49. The van der Waals surface area contributed by atoms with E-state index in [0.717, 1.165) is 16.5 Å². The Balaban J connectivity index is 2.73. The van der Waals surface area contributed by atoms with Gasteiger partial charge in [0.1, 0.15) is 5.58 Å². The van der Waals surface area contributed by atoms with E-state index >= 15 is 0 Å². The molecule has 0 spiro atoms. The van der Waals surface area contributed by atoms with Crippen LogP contribution in [-0.4, -0.2) is 5.11 Å². The number of fused-ring (bicyclic) bond motifs is 1. The van der Waals surface area contributed by atoms with E-state index in [2.05, 4.69) is 0 Å². The van der Waals surface area contributed by atoms with Gasteiger partial charge in [-0.2, -0.15) is 0 Å². The van der Waals surface area contributed by atoms with Crippen molar-refractivity contribution in [1.82, 2.24) is 0 Å². The van der Waals surface area contributed by atoms with E-state index in [4.69, 9.17) is 4.42 Å². The number of aliphatic hydroxyl groups excluding tert-OH is 1. The summed E-state index contributed by atoms with van der Waals surface area (Å²) >= 11 is 0. The van der Waals surface area contributed by atoms with Crippen LogP contribution in [0.25, 0.3) is 11.0 Å². The largest absolute Gasteiger partial charge is 0.464 e. The molecule has 1 atom stereocenters. The van der Waals surface area contributed by atoms with Crippen molar-refractivity contribution in [3.05, 3.63) is 36.1 Å². The Kier molecular flexibility index (Phi) is 1.62. The lowest BCUT2D eigenvalue weighted by Crippen LogP contribution is -1.90. The molecule has 1 aromatic carbocycles. The van der Waals surface area contributed by atoms with Gasteiger partial charge in [-0.1, -0.05) is 12.1 Å². The Labute approximate surface area is 70.4 Å². The average molecular weight is 162 g/mol. The molecule has 0 fully saturated rings. The first-order valence-corrected chi connectivity index (χ1v) is 3.93. The molecule has 2 rings (SSSR count). The minimum absolute atomic E-state index is 0.439. The van der Waals surface area contributed by atoms with Gasteiger partial charge in [0.25, 0.3) is 0 Å². The maximum Gasteiger partial charge on any atom is 0.134 e. The molecule has 0 saturated heterocycles. The molecule has 0 aliphatic carbocycles. The molecule has 62 valence electrons. The molecule has 2 nitrogen and oxygen atoms in total. The van der Waals surface area contributed by atoms with Crippen LogP contribution in [0.1, 0.15) is 18.6 Å². The maximum atomic E-state index is 9.40. The Morgan fingerprint density at radius 3 is 2.92 bits per heavy atom. The summed E-state index contributed by atoms with van der Waals surface area (Å²) in [4.78, 5) is 0. The maximum absolute atomic E-state index is 9.40. The summed E-state index contributed by atoms with van der Waals surface area (Å²) in [7, 11) is 0. The third-order valence-corrected chi connectivity index (χ3v) is 1.98. The summed E-state index contributed by atoms with van der Waals surface area (Å²) in [6, 6.07) is 7.55. The molecule has 0 amide bonds. The Morgan fingerprint density at radius 1 is 1.33 bits per heavy atom. The molecule has 0 aliphatic rings. The van der Waals surface area contributed by atoms with Crippen molar-refractivity contribution in [3.8, 4) is 0 Å². The van der Waals surface area contributed by atoms with Crippen LogP contribution in [0.15, 0.2) is 34.9 Å². The van der Waals surface area contributed by atoms with E-state index in [9.17, 15) is 5.11 Å². The highest BCUT2D eigenvalue weighted by atomic mass is 16.3. The van der Waals surface area contributed by atoms with Crippen molar-refractivity contribution in [2.75, 3.05) is 0 Å². The van der Waals surface area contributed by atoms with Crippen LogP contribution in [-0.2, 0) is 0 Å². The predicted octanol–water partition coefficient (Wildman–Crippen LogP) is 2.49. The lowest BCUT2D eigenvalue weighted by atomic mass is 10.1. The van der Waals surface area contributed by atoms with Gasteiger partial charge in [-0.15, -0.1) is 0 Å². The third kappa shape index (κ3) is 1.01. The molecule has 1 unspecified atom stereocenters. The molecule has 0 saturated carbocycles. The highest BCUT2D eigenvalue weighted by Crippen LogP contribution is 2.24. The quantitative estimate of drug-likeness (QED) is 0.698. The van der Waals surface area contributed by atoms with Gasteiger partial charge in [-0.25, -0.2) is 0 Å². The van der Waals surface area contributed by atoms with Gasteiger partial charge in [0, 0.05) is 5.39 Å². The van der Waals surface area contributed by atoms with Crippen molar-refractivity contribution >= 4 is 11.0 Å². The first kappa shape index (κ1) is 7.37. The normalized spacial score (nSPS) is 13.5. The van der Waals surface area contributed by atoms with E-state index in [1.165, 1.54) is 0 Å². The van der Waals surface area contributed by atoms with Crippen molar-refractivity contribution in [2.24, 2.45) is 0 Å². The van der Waals surface area contributed by atoms with E-state index < -0.39 is 6.10 Å². The molecule has 0 bridgehead atoms. The zero-order valence-electron chi connectivity index (χ0n) is 6.82. The minimum atomic E-state index is -0.439. The molecular weight excluding hydrogens is 152 g/mol. The first-order chi connectivity index (χ1) is 5.79. The number of benzene rings is 1. The lowest BCUT2D eigenvalue weighted by molar-refractivity contribution is 0.201. The van der Waals surface area contributed by atoms with Crippen LogP contribution in [0.5, 0.6) is 0 Å². The number of rotatable bonds is 1. The van der Waals surface area contributed by atoms with Gasteiger partial charge in [0.15, 0.2) is 0 Å². The molecule has 0 aliphatic heterocycles. The summed E-state index contributed by atoms with van der Waals surface area (Å²) in [5.74, 6) is 0. The number of furan rings is 1. The zero-order valence-corrected chi connectivity index (χ0v) is 6.82. The van der Waals surface area contributed by atoms with Crippen LogP contribution in [0.2, 0.25) is 0 Å². The molecule has 0 radical (unpaired) electrons. The van der Waals surface area contributed by atoms with Gasteiger partial charge in [0.2, 0.25) is 0 Å². The Bertz CT molecular complexity index is 387. The fourth-order valence-electron chi connectivity index (χ4n) is 1.38. The monoisotopic (exact) mass is 162 g/mol. The van der Waals surface area contributed by atoms with Crippen molar-refractivity contribution in [3.63, 3.8) is 0 Å². The van der Waals surface area contributed by atoms with Crippen molar-refractivity contribution in [2.45, 2.75) is 13.0 Å². The summed E-state index contributed by atoms with van der Waals surface area (Å²) in [6.45, 7) is 1.75. The molecule has 1 aromatic heterocycles. The second-order valence-electron chi connectivity index (χ2n) is 2.86. The summed E-state index contributed by atoms with van der Waals surface area (Å²) in [5, 5.41) is 10.4. The second-order valence-corrected chi connectivity index (χ2v) is 2.86. The van der Waals surface area contributed by atoms with Gasteiger partial charge in [-0.3, -0.25) is 0 Å². The van der Waals surface area contributed by atoms with Gasteiger partial charge < -0.3 is 9.52 Å². The topological polar surface area (TPSA) is 33.4 Å². The molecule has 2 heteroatoms. The zero-order chi connectivity index (χ0) is 8.55. The molecule has 1 N–H and O–H groups in total. The van der Waals surface area contributed by atoms with E-state index in [1.807, 2.05) is 24.3 Å². The predicted molar refractivity (Wildman–Crippen MR) is 46.8 cm³/mol. The molecular formula is C10H10O2. The highest BCUT2D eigenvalue weighted by molar-refractivity contribution is 5.81. The highest BCUT2D eigenvalue weighted by Gasteiger charge is 2.06. The van der Waals surface area contributed by atoms with Crippen LogP contribution >= 0.6 is 0 Å². The molecule has 1 heterocycles. The van der Waals surface area contributed by atoms with Crippen LogP contribution < -0.4 is 0 Å². The SMILES string of the molecule is CC(O)c1cccc2occc12. The number of hydrogen-bond acceptors (Lipinski definition) is 2. The molecule has 2 aromatic rings. The Morgan fingerprint density at radius 2 is 2.17 bits per heavy atom. The third-order valence-electron chi connectivity index (χ3n) is 1.98. The lowest BCUT2D eigenvalue weighted by Gasteiger charge is -2.04. The second kappa shape index (κ2) is 2.64. The summed E-state index contributed by atoms with van der Waals surface area (Å²) in [5.41, 5.74) is 1.75. The smallest absolute Gasteiger partial charge is 0.134 e. The van der Waals surface area contributed by atoms with Gasteiger partial charge in [-0.05, 0) is 24.6 Å². The number of hydrogen-bond donors (Lipinski definition) is 1. The molecule has 12 heavy (non-hydrogen) atoms. The van der Waals surface area contributed by atoms with Crippen molar-refractivity contribution < 1.29 is 9.52 Å². The van der Waals surface area contributed by atoms with E-state index in [0.29, 0.717) is 0 Å². The van der Waals surface area contributed by atoms with Crippen LogP contribution in [0.3, 0.4) is 0 Å². The Hall–Kier alpha value is -1.28. The van der Waals surface area contributed by atoms with Crippen LogP contribution in [0, 0.1) is 0 Å². The number of aliphatic hydroxyl groups is 1. The summed E-state index contributed by atoms with van der Waals surface area (Å²) in [6.07, 6.45) is 1.20. The van der Waals surface area contributed by atoms with Gasteiger partial charge >= 0.3 is 0 Å². The fraction of sp³-hybridized carbons (Fsp3) is 0.200. The first-order valence-electron chi connectivity index (χ1n) is 3.93.